The number of aryl methyl sites for hydroxylation is 1. The third-order valence-corrected chi connectivity index (χ3v) is 4.46. The molecule has 0 saturated heterocycles. The highest BCUT2D eigenvalue weighted by molar-refractivity contribution is 6.28. The van der Waals surface area contributed by atoms with E-state index in [4.69, 9.17) is 16.3 Å². The maximum absolute atomic E-state index is 12.4. The molecule has 0 unspecified atom stereocenters. The summed E-state index contributed by atoms with van der Waals surface area (Å²) in [5.41, 5.74) is 1.41. The van der Waals surface area contributed by atoms with E-state index in [0.29, 0.717) is 49.8 Å². The van der Waals surface area contributed by atoms with Crippen LogP contribution in [0.2, 0.25) is 5.28 Å². The summed E-state index contributed by atoms with van der Waals surface area (Å²) >= 11 is 5.89. The van der Waals surface area contributed by atoms with E-state index in [1.807, 2.05) is 31.2 Å². The number of anilines is 1. The molecule has 3 aromatic rings. The van der Waals surface area contributed by atoms with E-state index in [1.165, 1.54) is 4.80 Å². The number of nitrogens with zero attached hydrogens (tertiary/aromatic N) is 5. The number of halogens is 1. The lowest BCUT2D eigenvalue weighted by Gasteiger charge is -2.06. The fourth-order valence-electron chi connectivity index (χ4n) is 2.76. The number of methoxy groups -OCH3 is 1. The minimum atomic E-state index is -0.264. The van der Waals surface area contributed by atoms with Gasteiger partial charge in [-0.2, -0.15) is 4.80 Å². The first-order valence-electron chi connectivity index (χ1n) is 9.76. The Balaban J connectivity index is 1.44. The summed E-state index contributed by atoms with van der Waals surface area (Å²) in [4.78, 5) is 20.8. The minimum absolute atomic E-state index is 0.176. The van der Waals surface area contributed by atoms with Crippen molar-refractivity contribution in [3.63, 3.8) is 0 Å². The van der Waals surface area contributed by atoms with Crippen LogP contribution >= 0.6 is 11.6 Å². The molecule has 0 spiro atoms. The van der Waals surface area contributed by atoms with Gasteiger partial charge in [-0.3, -0.25) is 4.79 Å². The van der Waals surface area contributed by atoms with Gasteiger partial charge in [0.1, 0.15) is 11.4 Å². The van der Waals surface area contributed by atoms with E-state index in [1.54, 1.807) is 7.11 Å². The van der Waals surface area contributed by atoms with Crippen LogP contribution < -0.4 is 15.4 Å². The molecular weight excluding hydrogens is 408 g/mol. The SMILES string of the molecule is CCCNc1nc(Cl)[nH]c1C(=O)NCCCn1nnc(Cc2ccc(OC)cc2)n1. The minimum Gasteiger partial charge on any atom is -0.497 e. The molecule has 0 fully saturated rings. The molecule has 3 N–H and O–H groups in total. The van der Waals surface area contributed by atoms with E-state index < -0.39 is 0 Å². The van der Waals surface area contributed by atoms with Crippen LogP contribution in [0.4, 0.5) is 5.82 Å². The first kappa shape index (κ1) is 21.6. The normalized spacial score (nSPS) is 10.8. The zero-order chi connectivity index (χ0) is 21.3. The van der Waals surface area contributed by atoms with Crippen molar-refractivity contribution in [2.45, 2.75) is 32.7 Å². The van der Waals surface area contributed by atoms with Gasteiger partial charge in [-0.05, 0) is 47.4 Å². The van der Waals surface area contributed by atoms with Crippen molar-refractivity contribution in [1.82, 2.24) is 35.5 Å². The van der Waals surface area contributed by atoms with Crippen molar-refractivity contribution in [2.75, 3.05) is 25.5 Å². The van der Waals surface area contributed by atoms with Gasteiger partial charge in [-0.25, -0.2) is 4.98 Å². The Morgan fingerprint density at radius 3 is 2.80 bits per heavy atom. The summed E-state index contributed by atoms with van der Waals surface area (Å²) in [5.74, 6) is 1.64. The fourth-order valence-corrected chi connectivity index (χ4v) is 2.94. The summed E-state index contributed by atoms with van der Waals surface area (Å²) < 4.78 is 5.16. The first-order chi connectivity index (χ1) is 14.6. The Hall–Kier alpha value is -3.14. The van der Waals surface area contributed by atoms with Gasteiger partial charge in [0.25, 0.3) is 5.91 Å². The van der Waals surface area contributed by atoms with Crippen LogP contribution in [0.15, 0.2) is 24.3 Å². The number of imidazole rings is 1. The number of rotatable bonds is 11. The van der Waals surface area contributed by atoms with Gasteiger partial charge in [0.05, 0.1) is 13.7 Å². The summed E-state index contributed by atoms with van der Waals surface area (Å²) in [5, 5.41) is 18.6. The third-order valence-electron chi connectivity index (χ3n) is 4.28. The summed E-state index contributed by atoms with van der Waals surface area (Å²) in [6.45, 7) is 3.73. The molecule has 2 heterocycles. The van der Waals surface area contributed by atoms with Crippen LogP contribution in [0.25, 0.3) is 0 Å². The van der Waals surface area contributed by atoms with Crippen LogP contribution in [0, 0.1) is 0 Å². The maximum Gasteiger partial charge on any atom is 0.271 e. The highest BCUT2D eigenvalue weighted by atomic mass is 35.5. The predicted molar refractivity (Wildman–Crippen MR) is 113 cm³/mol. The zero-order valence-corrected chi connectivity index (χ0v) is 17.7. The van der Waals surface area contributed by atoms with E-state index in [0.717, 1.165) is 17.7 Å². The average Bonchev–Trinajstić information content (AvgIpc) is 3.36. The molecule has 0 aliphatic heterocycles. The molecule has 3 rings (SSSR count). The number of nitrogens with one attached hydrogen (secondary N) is 3. The lowest BCUT2D eigenvalue weighted by atomic mass is 10.1. The number of tetrazole rings is 1. The second-order valence-electron chi connectivity index (χ2n) is 6.61. The van der Waals surface area contributed by atoms with Crippen LogP contribution in [-0.4, -0.2) is 56.3 Å². The largest absolute Gasteiger partial charge is 0.497 e. The van der Waals surface area contributed by atoms with E-state index in [2.05, 4.69) is 36.0 Å². The van der Waals surface area contributed by atoms with E-state index in [-0.39, 0.29) is 11.2 Å². The van der Waals surface area contributed by atoms with Gasteiger partial charge in [0.2, 0.25) is 5.28 Å². The second-order valence-corrected chi connectivity index (χ2v) is 6.97. The molecule has 1 amide bonds. The number of hydrogen-bond acceptors (Lipinski definition) is 7. The van der Waals surface area contributed by atoms with Crippen molar-refractivity contribution < 1.29 is 9.53 Å². The van der Waals surface area contributed by atoms with Gasteiger partial charge in [0, 0.05) is 19.5 Å². The molecule has 0 aliphatic carbocycles. The molecule has 0 aliphatic rings. The molecule has 2 aromatic heterocycles. The molecule has 11 heteroatoms. The number of carbonyl (C=O) groups excluding carboxylic acids is 1. The van der Waals surface area contributed by atoms with E-state index >= 15 is 0 Å². The molecule has 10 nitrogen and oxygen atoms in total. The van der Waals surface area contributed by atoms with Crippen LogP contribution in [0.5, 0.6) is 5.75 Å². The molecule has 0 atom stereocenters. The predicted octanol–water partition coefficient (Wildman–Crippen LogP) is 2.29. The number of carbonyl (C=O) groups is 1. The van der Waals surface area contributed by atoms with Crippen molar-refractivity contribution in [3.05, 3.63) is 46.6 Å². The highest BCUT2D eigenvalue weighted by Crippen LogP contribution is 2.16. The Bertz CT molecular complexity index is 954. The lowest BCUT2D eigenvalue weighted by Crippen LogP contribution is -2.26. The number of ether oxygens (including phenoxy) is 1. The Morgan fingerprint density at radius 1 is 1.27 bits per heavy atom. The number of H-pyrrole nitrogens is 1. The van der Waals surface area contributed by atoms with E-state index in [9.17, 15) is 4.79 Å². The molecule has 30 heavy (non-hydrogen) atoms. The number of hydrogen-bond donors (Lipinski definition) is 3. The number of amides is 1. The van der Waals surface area contributed by atoms with Gasteiger partial charge in [0.15, 0.2) is 11.6 Å². The second kappa shape index (κ2) is 10.6. The summed E-state index contributed by atoms with van der Waals surface area (Å²) in [6.07, 6.45) is 2.16. The topological polar surface area (TPSA) is 123 Å². The molecular formula is C19H25ClN8O2. The summed E-state index contributed by atoms with van der Waals surface area (Å²) in [6, 6.07) is 7.75. The third kappa shape index (κ3) is 5.93. The van der Waals surface area contributed by atoms with Crippen LogP contribution in [0.3, 0.4) is 0 Å². The van der Waals surface area contributed by atoms with Gasteiger partial charge >= 0.3 is 0 Å². The standard InChI is InChI=1S/C19H25ClN8O2/c1-3-9-21-17-16(23-19(20)24-17)18(29)22-10-4-11-28-26-15(25-27-28)12-13-5-7-14(30-2)8-6-13/h5-8,21H,3-4,9-12H2,1-2H3,(H,22,29)(H,23,24). The summed E-state index contributed by atoms with van der Waals surface area (Å²) in [7, 11) is 1.64. The van der Waals surface area contributed by atoms with Gasteiger partial charge in [-0.1, -0.05) is 19.1 Å². The van der Waals surface area contributed by atoms with Crippen LogP contribution in [-0.2, 0) is 13.0 Å². The van der Waals surface area contributed by atoms with Crippen molar-refractivity contribution >= 4 is 23.3 Å². The van der Waals surface area contributed by atoms with Gasteiger partial charge < -0.3 is 20.4 Å². The van der Waals surface area contributed by atoms with Crippen molar-refractivity contribution in [1.29, 1.82) is 0 Å². The highest BCUT2D eigenvalue weighted by Gasteiger charge is 2.16. The fraction of sp³-hybridized carbons (Fsp3) is 0.421. The molecule has 0 bridgehead atoms. The Labute approximate surface area is 179 Å². The monoisotopic (exact) mass is 432 g/mol. The smallest absolute Gasteiger partial charge is 0.271 e. The van der Waals surface area contributed by atoms with Crippen LogP contribution in [0.1, 0.15) is 41.6 Å². The first-order valence-corrected chi connectivity index (χ1v) is 10.1. The molecule has 1 aromatic carbocycles. The van der Waals surface area contributed by atoms with Gasteiger partial charge in [-0.15, -0.1) is 10.2 Å². The maximum atomic E-state index is 12.4. The number of benzene rings is 1. The van der Waals surface area contributed by atoms with Crippen molar-refractivity contribution in [3.8, 4) is 5.75 Å². The quantitative estimate of drug-likeness (QED) is 0.397. The molecule has 0 radical (unpaired) electrons. The zero-order valence-electron chi connectivity index (χ0n) is 17.0. The molecule has 160 valence electrons. The number of aromatic nitrogens is 6. The van der Waals surface area contributed by atoms with Crippen molar-refractivity contribution in [2.24, 2.45) is 0 Å². The molecule has 0 saturated carbocycles. The Kier molecular flexibility index (Phi) is 7.61. The number of aromatic amines is 1. The lowest BCUT2D eigenvalue weighted by molar-refractivity contribution is 0.0948. The Morgan fingerprint density at radius 2 is 2.07 bits per heavy atom. The average molecular weight is 433 g/mol.